The Balaban J connectivity index is 0.00000364. The molecule has 0 radical (unpaired) electrons. The third kappa shape index (κ3) is 8.66. The lowest BCUT2D eigenvalue weighted by molar-refractivity contribution is 0.0268. The molecule has 0 atom stereocenters. The highest BCUT2D eigenvalue weighted by Gasteiger charge is 2.16. The molecule has 0 aliphatic heterocycles. The van der Waals surface area contributed by atoms with Crippen molar-refractivity contribution < 1.29 is 13.9 Å². The Labute approximate surface area is 178 Å². The molecule has 2 aromatic rings. The molecule has 1 heterocycles. The van der Waals surface area contributed by atoms with Crippen molar-refractivity contribution in [1.82, 2.24) is 10.6 Å². The highest BCUT2D eigenvalue weighted by atomic mass is 127. The number of nitrogens with one attached hydrogen (secondary N) is 2. The van der Waals surface area contributed by atoms with Gasteiger partial charge in [-0.2, -0.15) is 0 Å². The van der Waals surface area contributed by atoms with Gasteiger partial charge in [0.25, 0.3) is 0 Å². The van der Waals surface area contributed by atoms with Crippen molar-refractivity contribution in [3.05, 3.63) is 54.0 Å². The van der Waals surface area contributed by atoms with Crippen molar-refractivity contribution in [1.29, 1.82) is 0 Å². The van der Waals surface area contributed by atoms with Crippen molar-refractivity contribution in [3.63, 3.8) is 0 Å². The van der Waals surface area contributed by atoms with Gasteiger partial charge in [0, 0.05) is 26.6 Å². The smallest absolute Gasteiger partial charge is 0.191 e. The average molecular weight is 487 g/mol. The van der Waals surface area contributed by atoms with Crippen LogP contribution in [0.3, 0.4) is 0 Å². The highest BCUT2D eigenvalue weighted by molar-refractivity contribution is 14.0. The van der Waals surface area contributed by atoms with Gasteiger partial charge >= 0.3 is 0 Å². The van der Waals surface area contributed by atoms with Gasteiger partial charge in [-0.05, 0) is 43.7 Å². The maximum atomic E-state index is 5.47. The lowest BCUT2D eigenvalue weighted by Gasteiger charge is -2.24. The molecule has 0 bridgehead atoms. The molecule has 0 unspecified atom stereocenters. The van der Waals surface area contributed by atoms with Crippen LogP contribution in [0.4, 0.5) is 0 Å². The molecule has 0 fully saturated rings. The van der Waals surface area contributed by atoms with Crippen LogP contribution in [0.5, 0.6) is 5.75 Å². The number of hydrogen-bond acceptors (Lipinski definition) is 4. The first kappa shape index (κ1) is 23.3. The summed E-state index contributed by atoms with van der Waals surface area (Å²) in [7, 11) is 3.37. The summed E-state index contributed by atoms with van der Waals surface area (Å²) in [5, 5.41) is 6.69. The van der Waals surface area contributed by atoms with Crippen molar-refractivity contribution in [2.24, 2.45) is 4.99 Å². The molecular weight excluding hydrogens is 457 g/mol. The van der Waals surface area contributed by atoms with Gasteiger partial charge in [0.2, 0.25) is 0 Å². The fourth-order valence-electron chi connectivity index (χ4n) is 2.20. The van der Waals surface area contributed by atoms with Crippen molar-refractivity contribution in [2.75, 3.05) is 27.3 Å². The minimum atomic E-state index is -0.274. The number of benzene rings is 1. The van der Waals surface area contributed by atoms with Crippen LogP contribution < -0.4 is 15.4 Å². The number of ether oxygens (including phenoxy) is 2. The second kappa shape index (κ2) is 11.9. The zero-order valence-corrected chi connectivity index (χ0v) is 18.8. The molecule has 0 amide bonds. The summed E-state index contributed by atoms with van der Waals surface area (Å²) in [6.07, 6.45) is 2.48. The molecule has 0 aliphatic carbocycles. The van der Waals surface area contributed by atoms with E-state index in [1.165, 1.54) is 0 Å². The van der Waals surface area contributed by atoms with E-state index in [9.17, 15) is 0 Å². The van der Waals surface area contributed by atoms with Crippen LogP contribution in [0.25, 0.3) is 0 Å². The molecule has 0 spiro atoms. The van der Waals surface area contributed by atoms with Crippen LogP contribution in [0.15, 0.2) is 52.1 Å². The molecule has 2 rings (SSSR count). The number of aliphatic imine (C=N–C) groups is 1. The summed E-state index contributed by atoms with van der Waals surface area (Å²) in [5.41, 5.74) is 0.841. The van der Waals surface area contributed by atoms with Crippen molar-refractivity contribution in [2.45, 2.75) is 32.4 Å². The van der Waals surface area contributed by atoms with E-state index in [1.54, 1.807) is 20.5 Å². The molecule has 1 aromatic carbocycles. The van der Waals surface area contributed by atoms with Gasteiger partial charge in [-0.3, -0.25) is 0 Å². The zero-order valence-electron chi connectivity index (χ0n) is 16.5. The van der Waals surface area contributed by atoms with E-state index in [1.807, 2.05) is 50.2 Å². The van der Waals surface area contributed by atoms with E-state index in [0.717, 1.165) is 36.0 Å². The molecule has 27 heavy (non-hydrogen) atoms. The first-order valence-electron chi connectivity index (χ1n) is 8.75. The van der Waals surface area contributed by atoms with Crippen LogP contribution in [0.2, 0.25) is 0 Å². The summed E-state index contributed by atoms with van der Waals surface area (Å²) >= 11 is 0. The summed E-state index contributed by atoms with van der Waals surface area (Å²) in [5.74, 6) is 2.54. The number of methoxy groups -OCH3 is 2. The summed E-state index contributed by atoms with van der Waals surface area (Å²) < 4.78 is 16.0. The van der Waals surface area contributed by atoms with Crippen LogP contribution >= 0.6 is 24.0 Å². The van der Waals surface area contributed by atoms with E-state index in [0.29, 0.717) is 13.1 Å². The Bertz CT molecular complexity index is 670. The standard InChI is InChI=1S/C20H29N3O3.HI/c1-20(2,25-4)15-23-19(21-12-11-18-6-5-13-26-18)22-14-16-7-9-17(24-3)10-8-16;/h5-10,13H,11-12,14-15H2,1-4H3,(H2,21,22,23);1H. The lowest BCUT2D eigenvalue weighted by atomic mass is 10.1. The van der Waals surface area contributed by atoms with E-state index in [-0.39, 0.29) is 29.6 Å². The van der Waals surface area contributed by atoms with E-state index < -0.39 is 0 Å². The number of halogens is 1. The molecular formula is C20H30IN3O3. The predicted octanol–water partition coefficient (Wildman–Crippen LogP) is 3.61. The molecule has 2 N–H and O–H groups in total. The highest BCUT2D eigenvalue weighted by Crippen LogP contribution is 2.12. The number of hydrogen-bond donors (Lipinski definition) is 2. The minimum absolute atomic E-state index is 0. The molecule has 6 nitrogen and oxygen atoms in total. The minimum Gasteiger partial charge on any atom is -0.497 e. The largest absolute Gasteiger partial charge is 0.497 e. The van der Waals surface area contributed by atoms with Gasteiger partial charge in [-0.25, -0.2) is 4.99 Å². The first-order valence-corrected chi connectivity index (χ1v) is 8.75. The molecule has 0 saturated heterocycles. The summed E-state index contributed by atoms with van der Waals surface area (Å²) in [6, 6.07) is 11.8. The third-order valence-electron chi connectivity index (χ3n) is 4.06. The van der Waals surface area contributed by atoms with Crippen molar-refractivity contribution >= 4 is 29.9 Å². The van der Waals surface area contributed by atoms with Gasteiger partial charge in [-0.15, -0.1) is 24.0 Å². The first-order chi connectivity index (χ1) is 12.5. The normalized spacial score (nSPS) is 11.6. The second-order valence-corrected chi connectivity index (χ2v) is 6.59. The average Bonchev–Trinajstić information content (AvgIpc) is 3.17. The van der Waals surface area contributed by atoms with E-state index in [4.69, 9.17) is 13.9 Å². The summed E-state index contributed by atoms with van der Waals surface area (Å²) in [4.78, 5) is 4.67. The summed E-state index contributed by atoms with van der Waals surface area (Å²) in [6.45, 7) is 6.02. The fraction of sp³-hybridized carbons (Fsp3) is 0.450. The fourth-order valence-corrected chi connectivity index (χ4v) is 2.20. The molecule has 7 heteroatoms. The quantitative estimate of drug-likeness (QED) is 0.322. The van der Waals surface area contributed by atoms with E-state index >= 15 is 0 Å². The zero-order chi connectivity index (χ0) is 18.8. The van der Waals surface area contributed by atoms with Crippen molar-refractivity contribution in [3.8, 4) is 5.75 Å². The number of furan rings is 1. The number of nitrogens with zero attached hydrogens (tertiary/aromatic N) is 1. The van der Waals surface area contributed by atoms with Gasteiger partial charge in [0.1, 0.15) is 11.5 Å². The Morgan fingerprint density at radius 1 is 1.11 bits per heavy atom. The lowest BCUT2D eigenvalue weighted by Crippen LogP contribution is -2.45. The molecule has 0 aliphatic rings. The third-order valence-corrected chi connectivity index (χ3v) is 4.06. The topological polar surface area (TPSA) is 68.0 Å². The number of guanidine groups is 1. The van der Waals surface area contributed by atoms with Crippen LogP contribution in [-0.2, 0) is 17.7 Å². The Kier molecular flexibility index (Phi) is 10.2. The van der Waals surface area contributed by atoms with Crippen LogP contribution in [0.1, 0.15) is 25.2 Å². The van der Waals surface area contributed by atoms with Gasteiger partial charge in [0.15, 0.2) is 5.96 Å². The second-order valence-electron chi connectivity index (χ2n) is 6.59. The Hall–Kier alpha value is -1.74. The molecule has 1 aromatic heterocycles. The van der Waals surface area contributed by atoms with Gasteiger partial charge < -0.3 is 24.5 Å². The number of rotatable bonds is 9. The maximum absolute atomic E-state index is 5.47. The molecule has 0 saturated carbocycles. The van der Waals surface area contributed by atoms with Crippen LogP contribution in [0, 0.1) is 0 Å². The maximum Gasteiger partial charge on any atom is 0.191 e. The predicted molar refractivity (Wildman–Crippen MR) is 119 cm³/mol. The Morgan fingerprint density at radius 2 is 1.85 bits per heavy atom. The van der Waals surface area contributed by atoms with Gasteiger partial charge in [0.05, 0.1) is 25.5 Å². The molecule has 150 valence electrons. The monoisotopic (exact) mass is 487 g/mol. The van der Waals surface area contributed by atoms with Crippen LogP contribution in [-0.4, -0.2) is 38.9 Å². The SMILES string of the molecule is COc1ccc(CN=C(NCCc2ccco2)NCC(C)(C)OC)cc1.I. The Morgan fingerprint density at radius 3 is 2.44 bits per heavy atom. The van der Waals surface area contributed by atoms with E-state index in [2.05, 4.69) is 15.6 Å². The van der Waals surface area contributed by atoms with Gasteiger partial charge in [-0.1, -0.05) is 12.1 Å².